The fraction of sp³-hybridized carbons (Fsp3) is 0.429. The largest absolute Gasteiger partial charge is 0.349 e. The Labute approximate surface area is 173 Å². The monoisotopic (exact) mass is 412 g/mol. The fourth-order valence-corrected chi connectivity index (χ4v) is 4.62. The van der Waals surface area contributed by atoms with Crippen LogP contribution in [0, 0.1) is 0 Å². The van der Waals surface area contributed by atoms with E-state index < -0.39 is 0 Å². The predicted octanol–water partition coefficient (Wildman–Crippen LogP) is 2.23. The van der Waals surface area contributed by atoms with Crippen LogP contribution in [0.15, 0.2) is 35.7 Å². The van der Waals surface area contributed by atoms with E-state index in [4.69, 9.17) is 0 Å². The molecule has 0 unspecified atom stereocenters. The molecule has 2 aliphatic rings. The van der Waals surface area contributed by atoms with Crippen molar-refractivity contribution in [2.75, 3.05) is 24.5 Å². The van der Waals surface area contributed by atoms with Gasteiger partial charge in [-0.1, -0.05) is 18.2 Å². The van der Waals surface area contributed by atoms with Crippen molar-refractivity contribution in [3.8, 4) is 0 Å². The minimum Gasteiger partial charge on any atom is -0.349 e. The zero-order valence-corrected chi connectivity index (χ0v) is 17.0. The lowest BCUT2D eigenvalue weighted by Gasteiger charge is -2.32. The van der Waals surface area contributed by atoms with Crippen molar-refractivity contribution < 1.29 is 14.4 Å². The first-order valence-corrected chi connectivity index (χ1v) is 10.9. The van der Waals surface area contributed by atoms with Gasteiger partial charge in [-0.05, 0) is 31.4 Å². The molecule has 3 amide bonds. The maximum Gasteiger partial charge on any atom is 0.251 e. The number of benzene rings is 1. The minimum absolute atomic E-state index is 0.0439. The van der Waals surface area contributed by atoms with Gasteiger partial charge in [0.05, 0.1) is 12.1 Å². The van der Waals surface area contributed by atoms with E-state index in [9.17, 15) is 14.4 Å². The number of hydrogen-bond acceptors (Lipinski definition) is 5. The fourth-order valence-electron chi connectivity index (χ4n) is 3.75. The van der Waals surface area contributed by atoms with E-state index in [1.165, 1.54) is 11.3 Å². The van der Waals surface area contributed by atoms with E-state index in [0.717, 1.165) is 19.3 Å². The van der Waals surface area contributed by atoms with Gasteiger partial charge in [0.15, 0.2) is 5.13 Å². The highest BCUT2D eigenvalue weighted by Gasteiger charge is 2.27. The van der Waals surface area contributed by atoms with E-state index >= 15 is 0 Å². The number of anilines is 1. The number of nitrogens with zero attached hydrogens (tertiary/aromatic N) is 3. The van der Waals surface area contributed by atoms with Crippen LogP contribution in [0.4, 0.5) is 5.13 Å². The number of aromatic nitrogens is 1. The van der Waals surface area contributed by atoms with Crippen LogP contribution in [0.3, 0.4) is 0 Å². The minimum atomic E-state index is -0.0677. The van der Waals surface area contributed by atoms with E-state index in [1.54, 1.807) is 17.0 Å². The van der Waals surface area contributed by atoms with Crippen LogP contribution in [0.5, 0.6) is 0 Å². The van der Waals surface area contributed by atoms with Crippen molar-refractivity contribution >= 4 is 34.2 Å². The van der Waals surface area contributed by atoms with Gasteiger partial charge in [0.25, 0.3) is 5.91 Å². The summed E-state index contributed by atoms with van der Waals surface area (Å²) >= 11 is 1.42. The van der Waals surface area contributed by atoms with Gasteiger partial charge in [0.1, 0.15) is 0 Å². The highest BCUT2D eigenvalue weighted by molar-refractivity contribution is 7.14. The Morgan fingerprint density at radius 1 is 1.14 bits per heavy atom. The molecule has 0 atom stereocenters. The highest BCUT2D eigenvalue weighted by Crippen LogP contribution is 2.25. The average molecular weight is 413 g/mol. The lowest BCUT2D eigenvalue weighted by molar-refractivity contribution is -0.131. The number of likely N-dealkylation sites (tertiary alicyclic amines) is 1. The van der Waals surface area contributed by atoms with Crippen molar-refractivity contribution in [2.24, 2.45) is 0 Å². The number of piperidine rings is 1. The second-order valence-corrected chi connectivity index (χ2v) is 8.28. The Morgan fingerprint density at radius 2 is 1.90 bits per heavy atom. The molecule has 3 heterocycles. The van der Waals surface area contributed by atoms with Gasteiger partial charge in [0.2, 0.25) is 11.8 Å². The van der Waals surface area contributed by atoms with Gasteiger partial charge in [-0.25, -0.2) is 4.98 Å². The third kappa shape index (κ3) is 4.64. The van der Waals surface area contributed by atoms with Gasteiger partial charge in [-0.3, -0.25) is 19.3 Å². The van der Waals surface area contributed by atoms with Crippen molar-refractivity contribution in [1.82, 2.24) is 15.2 Å². The summed E-state index contributed by atoms with van der Waals surface area (Å²) in [6.07, 6.45) is 3.18. The van der Waals surface area contributed by atoms with Crippen LogP contribution in [0.2, 0.25) is 0 Å². The molecule has 1 N–H and O–H groups in total. The molecule has 1 aromatic heterocycles. The third-order valence-electron chi connectivity index (χ3n) is 5.40. The Balaban J connectivity index is 1.26. The van der Waals surface area contributed by atoms with Gasteiger partial charge in [0, 0.05) is 43.0 Å². The van der Waals surface area contributed by atoms with E-state index in [0.29, 0.717) is 42.4 Å². The molecule has 2 saturated heterocycles. The molecule has 2 fully saturated rings. The topological polar surface area (TPSA) is 82.6 Å². The Hall–Kier alpha value is -2.74. The number of hydrogen-bond donors (Lipinski definition) is 1. The van der Waals surface area contributed by atoms with Gasteiger partial charge < -0.3 is 10.2 Å². The zero-order valence-electron chi connectivity index (χ0n) is 16.2. The number of thiazole rings is 1. The summed E-state index contributed by atoms with van der Waals surface area (Å²) in [7, 11) is 0. The van der Waals surface area contributed by atoms with E-state index in [2.05, 4.69) is 10.3 Å². The standard InChI is InChI=1S/C21H24N4O3S/c26-18-7-4-10-25(18)21-23-17(14-29-21)13-19(27)24-11-8-16(9-12-24)22-20(28)15-5-2-1-3-6-15/h1-3,5-6,14,16H,4,7-13H2,(H,22,28). The molecule has 0 aliphatic carbocycles. The quantitative estimate of drug-likeness (QED) is 0.816. The first-order chi connectivity index (χ1) is 14.1. The molecule has 2 aliphatic heterocycles. The molecule has 0 bridgehead atoms. The lowest BCUT2D eigenvalue weighted by atomic mass is 10.0. The van der Waals surface area contributed by atoms with Gasteiger partial charge >= 0.3 is 0 Å². The number of nitrogens with one attached hydrogen (secondary N) is 1. The second kappa shape index (κ2) is 8.73. The Bertz CT molecular complexity index is 890. The Morgan fingerprint density at radius 3 is 2.59 bits per heavy atom. The van der Waals surface area contributed by atoms with Gasteiger partial charge in [-0.15, -0.1) is 11.3 Å². The second-order valence-electron chi connectivity index (χ2n) is 7.44. The van der Waals surface area contributed by atoms with E-state index in [1.807, 2.05) is 28.5 Å². The SMILES string of the molecule is O=C(NC1CCN(C(=O)Cc2csc(N3CCCC3=O)n2)CC1)c1ccccc1. The normalized spacial score (nSPS) is 17.6. The summed E-state index contributed by atoms with van der Waals surface area (Å²) in [5, 5.41) is 5.62. The van der Waals surface area contributed by atoms with Crippen molar-refractivity contribution in [2.45, 2.75) is 38.1 Å². The molecule has 29 heavy (non-hydrogen) atoms. The van der Waals surface area contributed by atoms with E-state index in [-0.39, 0.29) is 30.2 Å². The smallest absolute Gasteiger partial charge is 0.251 e. The number of rotatable bonds is 5. The third-order valence-corrected chi connectivity index (χ3v) is 6.31. The summed E-state index contributed by atoms with van der Waals surface area (Å²) in [4.78, 5) is 44.8. The zero-order chi connectivity index (χ0) is 20.2. The summed E-state index contributed by atoms with van der Waals surface area (Å²) < 4.78 is 0. The molecular formula is C21H24N4O3S. The molecular weight excluding hydrogens is 388 g/mol. The molecule has 1 aromatic carbocycles. The van der Waals surface area contributed by atoms with Crippen LogP contribution in [-0.4, -0.2) is 53.3 Å². The van der Waals surface area contributed by atoms with Gasteiger partial charge in [-0.2, -0.15) is 0 Å². The number of carbonyl (C=O) groups is 3. The number of carbonyl (C=O) groups excluding carboxylic acids is 3. The molecule has 152 valence electrons. The Kier molecular flexibility index (Phi) is 5.89. The van der Waals surface area contributed by atoms with Crippen LogP contribution in [0.1, 0.15) is 41.7 Å². The molecule has 8 heteroatoms. The molecule has 0 spiro atoms. The maximum absolute atomic E-state index is 12.6. The lowest BCUT2D eigenvalue weighted by Crippen LogP contribution is -2.47. The average Bonchev–Trinajstić information content (AvgIpc) is 3.37. The van der Waals surface area contributed by atoms with Crippen LogP contribution >= 0.6 is 11.3 Å². The van der Waals surface area contributed by atoms with Crippen molar-refractivity contribution in [3.63, 3.8) is 0 Å². The summed E-state index contributed by atoms with van der Waals surface area (Å²) in [6, 6.07) is 9.26. The van der Waals surface area contributed by atoms with Crippen molar-refractivity contribution in [3.05, 3.63) is 47.0 Å². The van der Waals surface area contributed by atoms with Crippen LogP contribution in [0.25, 0.3) is 0 Å². The molecule has 0 radical (unpaired) electrons. The first kappa shape index (κ1) is 19.6. The summed E-state index contributed by atoms with van der Waals surface area (Å²) in [5.74, 6) is 0.0844. The van der Waals surface area contributed by atoms with Crippen LogP contribution < -0.4 is 10.2 Å². The number of amides is 3. The molecule has 2 aromatic rings. The molecule has 7 nitrogen and oxygen atoms in total. The summed E-state index contributed by atoms with van der Waals surface area (Å²) in [5.41, 5.74) is 1.37. The molecule has 0 saturated carbocycles. The highest BCUT2D eigenvalue weighted by atomic mass is 32.1. The summed E-state index contributed by atoms with van der Waals surface area (Å²) in [6.45, 7) is 1.96. The maximum atomic E-state index is 12.6. The first-order valence-electron chi connectivity index (χ1n) is 9.98. The molecule has 4 rings (SSSR count). The predicted molar refractivity (Wildman–Crippen MR) is 111 cm³/mol. The van der Waals surface area contributed by atoms with Crippen molar-refractivity contribution in [1.29, 1.82) is 0 Å². The van der Waals surface area contributed by atoms with Crippen LogP contribution in [-0.2, 0) is 16.0 Å².